The molecule has 0 spiro atoms. The second-order valence-electron chi connectivity index (χ2n) is 3.71. The number of nitrogens with zero attached hydrogens (tertiary/aromatic N) is 3. The van der Waals surface area contributed by atoms with E-state index in [1.165, 1.54) is 12.1 Å². The number of rotatable bonds is 5. The first kappa shape index (κ1) is 12.0. The fraction of sp³-hybridized carbons (Fsp3) is 0.167. The molecule has 0 atom stereocenters. The number of H-pyrrole nitrogens is 1. The maximum absolute atomic E-state index is 10.5. The smallest absolute Gasteiger partial charge is 0.269 e. The number of nitro benzene ring substituents is 1. The van der Waals surface area contributed by atoms with Crippen molar-refractivity contribution in [2.75, 3.05) is 6.54 Å². The van der Waals surface area contributed by atoms with Gasteiger partial charge in [0.05, 0.1) is 11.3 Å². The number of aromatic nitrogens is 2. The van der Waals surface area contributed by atoms with Gasteiger partial charge in [-0.2, -0.15) is 0 Å². The van der Waals surface area contributed by atoms with Gasteiger partial charge >= 0.3 is 0 Å². The molecule has 1 aromatic carbocycles. The van der Waals surface area contributed by atoms with Crippen molar-refractivity contribution in [3.05, 3.63) is 58.2 Å². The molecule has 92 valence electrons. The summed E-state index contributed by atoms with van der Waals surface area (Å²) in [6, 6.07) is 6.29. The SMILES string of the molecule is O=[N+]([O-])c1ccc(C=NCCc2cnc[nH]2)cc1. The molecule has 0 aliphatic rings. The van der Waals surface area contributed by atoms with Crippen LogP contribution >= 0.6 is 0 Å². The fourth-order valence-electron chi connectivity index (χ4n) is 1.46. The van der Waals surface area contributed by atoms with Gasteiger partial charge in [-0.3, -0.25) is 15.1 Å². The minimum absolute atomic E-state index is 0.0876. The van der Waals surface area contributed by atoms with E-state index in [9.17, 15) is 10.1 Å². The van der Waals surface area contributed by atoms with E-state index in [-0.39, 0.29) is 5.69 Å². The van der Waals surface area contributed by atoms with E-state index in [2.05, 4.69) is 15.0 Å². The summed E-state index contributed by atoms with van der Waals surface area (Å²) in [7, 11) is 0. The summed E-state index contributed by atoms with van der Waals surface area (Å²) < 4.78 is 0. The lowest BCUT2D eigenvalue weighted by atomic mass is 10.2. The van der Waals surface area contributed by atoms with Crippen molar-refractivity contribution in [1.29, 1.82) is 0 Å². The number of nitrogens with one attached hydrogen (secondary N) is 1. The number of imidazole rings is 1. The maximum Gasteiger partial charge on any atom is 0.269 e. The zero-order chi connectivity index (χ0) is 12.8. The van der Waals surface area contributed by atoms with E-state index < -0.39 is 4.92 Å². The fourth-order valence-corrected chi connectivity index (χ4v) is 1.46. The van der Waals surface area contributed by atoms with Gasteiger partial charge in [0.15, 0.2) is 0 Å². The van der Waals surface area contributed by atoms with Gasteiger partial charge in [-0.15, -0.1) is 0 Å². The molecule has 2 aromatic rings. The largest absolute Gasteiger partial charge is 0.348 e. The summed E-state index contributed by atoms with van der Waals surface area (Å²) in [4.78, 5) is 21.2. The first-order valence-corrected chi connectivity index (χ1v) is 5.47. The van der Waals surface area contributed by atoms with Gasteiger partial charge in [-0.25, -0.2) is 4.98 Å². The van der Waals surface area contributed by atoms with E-state index in [1.54, 1.807) is 30.9 Å². The van der Waals surface area contributed by atoms with Crippen molar-refractivity contribution in [3.63, 3.8) is 0 Å². The average Bonchev–Trinajstić information content (AvgIpc) is 2.88. The number of aliphatic imine (C=N–C) groups is 1. The molecule has 1 aromatic heterocycles. The van der Waals surface area contributed by atoms with E-state index in [1.807, 2.05) is 0 Å². The molecule has 0 radical (unpaired) electrons. The van der Waals surface area contributed by atoms with Gasteiger partial charge in [0.1, 0.15) is 0 Å². The third-order valence-electron chi connectivity index (χ3n) is 2.41. The monoisotopic (exact) mass is 244 g/mol. The highest BCUT2D eigenvalue weighted by Gasteiger charge is 2.02. The second kappa shape index (κ2) is 5.72. The Morgan fingerprint density at radius 1 is 1.39 bits per heavy atom. The van der Waals surface area contributed by atoms with Gasteiger partial charge in [-0.05, 0) is 17.7 Å². The summed E-state index contributed by atoms with van der Waals surface area (Å²) in [5, 5.41) is 10.5. The summed E-state index contributed by atoms with van der Waals surface area (Å²) in [5.41, 5.74) is 1.98. The quantitative estimate of drug-likeness (QED) is 0.495. The Kier molecular flexibility index (Phi) is 3.80. The number of hydrogen-bond acceptors (Lipinski definition) is 4. The molecule has 0 saturated carbocycles. The van der Waals surface area contributed by atoms with E-state index in [4.69, 9.17) is 0 Å². The number of benzene rings is 1. The van der Waals surface area contributed by atoms with Crippen LogP contribution < -0.4 is 0 Å². The van der Waals surface area contributed by atoms with Gasteiger partial charge in [-0.1, -0.05) is 0 Å². The molecular formula is C12H12N4O2. The van der Waals surface area contributed by atoms with Crippen LogP contribution in [0.15, 0.2) is 41.8 Å². The predicted molar refractivity (Wildman–Crippen MR) is 67.8 cm³/mol. The highest BCUT2D eigenvalue weighted by molar-refractivity contribution is 5.79. The molecule has 0 unspecified atom stereocenters. The summed E-state index contributed by atoms with van der Waals surface area (Å²) in [6.45, 7) is 0.652. The highest BCUT2D eigenvalue weighted by atomic mass is 16.6. The molecule has 0 aliphatic heterocycles. The lowest BCUT2D eigenvalue weighted by Crippen LogP contribution is -1.91. The topological polar surface area (TPSA) is 84.2 Å². The molecule has 0 saturated heterocycles. The molecule has 0 bridgehead atoms. The van der Waals surface area contributed by atoms with Crippen molar-refractivity contribution in [2.45, 2.75) is 6.42 Å². The molecule has 6 heteroatoms. The normalized spacial score (nSPS) is 10.9. The van der Waals surface area contributed by atoms with Crippen LogP contribution in [0.4, 0.5) is 5.69 Å². The molecule has 0 amide bonds. The van der Waals surface area contributed by atoms with E-state index in [0.717, 1.165) is 17.7 Å². The van der Waals surface area contributed by atoms with Crippen molar-refractivity contribution in [3.8, 4) is 0 Å². The lowest BCUT2D eigenvalue weighted by molar-refractivity contribution is -0.384. The Hall–Kier alpha value is -2.50. The Morgan fingerprint density at radius 2 is 2.17 bits per heavy atom. The summed E-state index contributed by atoms with van der Waals surface area (Å²) >= 11 is 0. The van der Waals surface area contributed by atoms with Crippen LogP contribution in [0, 0.1) is 10.1 Å². The lowest BCUT2D eigenvalue weighted by Gasteiger charge is -1.94. The van der Waals surface area contributed by atoms with Crippen LogP contribution in [0.25, 0.3) is 0 Å². The van der Waals surface area contributed by atoms with Crippen molar-refractivity contribution in [1.82, 2.24) is 9.97 Å². The van der Waals surface area contributed by atoms with Crippen molar-refractivity contribution >= 4 is 11.9 Å². The van der Waals surface area contributed by atoms with Crippen LogP contribution in [0.1, 0.15) is 11.3 Å². The van der Waals surface area contributed by atoms with Crippen LogP contribution in [-0.4, -0.2) is 27.7 Å². The van der Waals surface area contributed by atoms with E-state index in [0.29, 0.717) is 6.54 Å². The van der Waals surface area contributed by atoms with Gasteiger partial charge in [0.25, 0.3) is 5.69 Å². The van der Waals surface area contributed by atoms with Crippen LogP contribution in [0.2, 0.25) is 0 Å². The molecule has 6 nitrogen and oxygen atoms in total. The van der Waals surface area contributed by atoms with Crippen LogP contribution in [0.3, 0.4) is 0 Å². The number of nitro groups is 1. The number of hydrogen-bond donors (Lipinski definition) is 1. The van der Waals surface area contributed by atoms with Crippen LogP contribution in [-0.2, 0) is 6.42 Å². The Balaban J connectivity index is 1.87. The summed E-state index contributed by atoms with van der Waals surface area (Å²) in [6.07, 6.45) is 5.90. The Labute approximate surface area is 104 Å². The molecule has 2 rings (SSSR count). The highest BCUT2D eigenvalue weighted by Crippen LogP contribution is 2.10. The molecule has 0 aliphatic carbocycles. The number of aromatic amines is 1. The molecule has 1 N–H and O–H groups in total. The standard InChI is InChI=1S/C12H12N4O2/c17-16(18)12-3-1-10(2-4-12)7-13-6-5-11-8-14-9-15-11/h1-4,7-9H,5-6H2,(H,14,15). The van der Waals surface area contributed by atoms with Crippen LogP contribution in [0.5, 0.6) is 0 Å². The average molecular weight is 244 g/mol. The van der Waals surface area contributed by atoms with Gasteiger partial charge in [0.2, 0.25) is 0 Å². The zero-order valence-electron chi connectivity index (χ0n) is 9.61. The Morgan fingerprint density at radius 3 is 2.78 bits per heavy atom. The summed E-state index contributed by atoms with van der Waals surface area (Å²) in [5.74, 6) is 0. The van der Waals surface area contributed by atoms with Gasteiger partial charge < -0.3 is 4.98 Å². The third-order valence-corrected chi connectivity index (χ3v) is 2.41. The third kappa shape index (κ3) is 3.24. The minimum Gasteiger partial charge on any atom is -0.348 e. The minimum atomic E-state index is -0.417. The molecule has 1 heterocycles. The van der Waals surface area contributed by atoms with Crippen molar-refractivity contribution < 1.29 is 4.92 Å². The molecular weight excluding hydrogens is 232 g/mol. The van der Waals surface area contributed by atoms with Gasteiger partial charge in [0, 0.05) is 43.2 Å². The Bertz CT molecular complexity index is 532. The molecule has 0 fully saturated rings. The second-order valence-corrected chi connectivity index (χ2v) is 3.71. The zero-order valence-corrected chi connectivity index (χ0v) is 9.61. The first-order chi connectivity index (χ1) is 8.75. The first-order valence-electron chi connectivity index (χ1n) is 5.47. The van der Waals surface area contributed by atoms with Crippen molar-refractivity contribution in [2.24, 2.45) is 4.99 Å². The number of non-ortho nitro benzene ring substituents is 1. The maximum atomic E-state index is 10.5. The molecule has 18 heavy (non-hydrogen) atoms. The van der Waals surface area contributed by atoms with E-state index >= 15 is 0 Å². The predicted octanol–water partition coefficient (Wildman–Crippen LogP) is 1.98.